The van der Waals surface area contributed by atoms with Gasteiger partial charge < -0.3 is 10.1 Å². The third-order valence-electron chi connectivity index (χ3n) is 6.32. The first-order valence-corrected chi connectivity index (χ1v) is 12.0. The number of nitrogens with one attached hydrogen (secondary N) is 1. The fourth-order valence-electron chi connectivity index (χ4n) is 4.64. The number of benzene rings is 3. The van der Waals surface area contributed by atoms with E-state index in [1.54, 1.807) is 12.1 Å². The zero-order chi connectivity index (χ0) is 23.0. The molecule has 0 aromatic heterocycles. The average Bonchev–Trinajstić information content (AvgIpc) is 2.83. The highest BCUT2D eigenvalue weighted by Crippen LogP contribution is 2.26. The van der Waals surface area contributed by atoms with Crippen LogP contribution in [0.4, 0.5) is 4.39 Å². The maximum atomic E-state index is 13.5. The number of piperidine rings is 1. The van der Waals surface area contributed by atoms with E-state index in [9.17, 15) is 9.18 Å². The van der Waals surface area contributed by atoms with E-state index in [4.69, 9.17) is 4.74 Å². The smallest absolute Gasteiger partial charge is 0.224 e. The zero-order valence-electron chi connectivity index (χ0n) is 19.3. The molecule has 1 heterocycles. The lowest BCUT2D eigenvalue weighted by molar-refractivity contribution is -0.127. The molecule has 1 fully saturated rings. The molecule has 3 aromatic carbocycles. The van der Waals surface area contributed by atoms with E-state index < -0.39 is 0 Å². The molecular weight excluding hydrogens is 415 g/mol. The van der Waals surface area contributed by atoms with Crippen LogP contribution in [-0.4, -0.2) is 37.0 Å². The third kappa shape index (κ3) is 6.55. The van der Waals surface area contributed by atoms with Gasteiger partial charge in [0.15, 0.2) is 0 Å². The molecule has 1 amide bonds. The molecule has 0 spiro atoms. The lowest BCUT2D eigenvalue weighted by Gasteiger charge is -2.37. The molecule has 1 aliphatic rings. The summed E-state index contributed by atoms with van der Waals surface area (Å²) < 4.78 is 19.4. The van der Waals surface area contributed by atoms with Crippen LogP contribution in [0.25, 0.3) is 10.8 Å². The molecule has 3 aromatic rings. The van der Waals surface area contributed by atoms with Crippen LogP contribution in [0.5, 0.6) is 5.75 Å². The van der Waals surface area contributed by atoms with Gasteiger partial charge in [-0.25, -0.2) is 4.39 Å². The van der Waals surface area contributed by atoms with Crippen molar-refractivity contribution in [3.63, 3.8) is 0 Å². The summed E-state index contributed by atoms with van der Waals surface area (Å²) >= 11 is 0. The lowest BCUT2D eigenvalue weighted by atomic mass is 9.88. The Labute approximate surface area is 195 Å². The van der Waals surface area contributed by atoms with Crippen LogP contribution in [-0.2, 0) is 11.3 Å². The van der Waals surface area contributed by atoms with Crippen LogP contribution in [0, 0.1) is 17.7 Å². The second-order valence-electron chi connectivity index (χ2n) is 9.09. The van der Waals surface area contributed by atoms with Gasteiger partial charge in [-0.2, -0.15) is 0 Å². The van der Waals surface area contributed by atoms with E-state index in [0.29, 0.717) is 12.4 Å². The molecule has 0 bridgehead atoms. The minimum Gasteiger partial charge on any atom is -0.493 e. The van der Waals surface area contributed by atoms with E-state index >= 15 is 0 Å². The molecule has 1 saturated heterocycles. The van der Waals surface area contributed by atoms with Gasteiger partial charge in [0.25, 0.3) is 0 Å². The number of unbranched alkanes of at least 4 members (excludes halogenated alkanes) is 1. The SMILES string of the molecule is CCCCNC(=O)[C@@H]1C[C@H](COc2cccc(F)c2)CN(Cc2ccc3ccccc3c2)C1. The highest BCUT2D eigenvalue weighted by Gasteiger charge is 2.32. The van der Waals surface area contributed by atoms with Gasteiger partial charge in [0.1, 0.15) is 11.6 Å². The fraction of sp³-hybridized carbons (Fsp3) is 0.393. The van der Waals surface area contributed by atoms with Crippen molar-refractivity contribution in [3.8, 4) is 5.75 Å². The molecule has 5 heteroatoms. The molecule has 1 aliphatic heterocycles. The molecule has 0 aliphatic carbocycles. The maximum absolute atomic E-state index is 13.5. The van der Waals surface area contributed by atoms with E-state index in [1.807, 2.05) is 0 Å². The first kappa shape index (κ1) is 23.2. The quantitative estimate of drug-likeness (QED) is 0.445. The first-order chi connectivity index (χ1) is 16.1. The lowest BCUT2D eigenvalue weighted by Crippen LogP contribution is -2.47. The van der Waals surface area contributed by atoms with Crippen LogP contribution in [0.15, 0.2) is 66.7 Å². The number of carbonyl (C=O) groups is 1. The van der Waals surface area contributed by atoms with Gasteiger partial charge >= 0.3 is 0 Å². The molecule has 4 nitrogen and oxygen atoms in total. The van der Waals surface area contributed by atoms with E-state index in [0.717, 1.165) is 45.4 Å². The molecule has 33 heavy (non-hydrogen) atoms. The molecule has 0 unspecified atom stereocenters. The summed E-state index contributed by atoms with van der Waals surface area (Å²) in [7, 11) is 0. The summed E-state index contributed by atoms with van der Waals surface area (Å²) in [6, 6.07) is 21.2. The van der Waals surface area contributed by atoms with Gasteiger partial charge in [-0.3, -0.25) is 9.69 Å². The number of ether oxygens (including phenoxy) is 1. The number of fused-ring (bicyclic) bond motifs is 1. The number of carbonyl (C=O) groups excluding carboxylic acids is 1. The van der Waals surface area contributed by atoms with Crippen molar-refractivity contribution in [2.45, 2.75) is 32.7 Å². The van der Waals surface area contributed by atoms with Crippen molar-refractivity contribution in [3.05, 3.63) is 78.1 Å². The van der Waals surface area contributed by atoms with Crippen molar-refractivity contribution >= 4 is 16.7 Å². The van der Waals surface area contributed by atoms with Gasteiger partial charge in [-0.1, -0.05) is 55.8 Å². The summed E-state index contributed by atoms with van der Waals surface area (Å²) in [5.41, 5.74) is 1.24. The minimum atomic E-state index is -0.303. The number of hydrogen-bond acceptors (Lipinski definition) is 3. The van der Waals surface area contributed by atoms with Crippen molar-refractivity contribution in [2.75, 3.05) is 26.2 Å². The zero-order valence-corrected chi connectivity index (χ0v) is 19.3. The van der Waals surface area contributed by atoms with Crippen LogP contribution in [0.2, 0.25) is 0 Å². The molecule has 0 radical (unpaired) electrons. The second-order valence-corrected chi connectivity index (χ2v) is 9.09. The number of likely N-dealkylation sites (tertiary alicyclic amines) is 1. The largest absolute Gasteiger partial charge is 0.493 e. The van der Waals surface area contributed by atoms with Gasteiger partial charge in [0, 0.05) is 38.2 Å². The Kier molecular flexibility index (Phi) is 7.95. The Morgan fingerprint density at radius 1 is 1.06 bits per heavy atom. The first-order valence-electron chi connectivity index (χ1n) is 12.0. The summed E-state index contributed by atoms with van der Waals surface area (Å²) in [4.78, 5) is 15.2. The molecule has 0 saturated carbocycles. The van der Waals surface area contributed by atoms with E-state index in [-0.39, 0.29) is 23.6 Å². The van der Waals surface area contributed by atoms with Crippen molar-refractivity contribution in [1.82, 2.24) is 10.2 Å². The second kappa shape index (κ2) is 11.3. The van der Waals surface area contributed by atoms with Crippen molar-refractivity contribution < 1.29 is 13.9 Å². The number of rotatable bonds is 9. The average molecular weight is 449 g/mol. The van der Waals surface area contributed by atoms with Gasteiger partial charge in [-0.15, -0.1) is 0 Å². The number of halogens is 1. The highest BCUT2D eigenvalue weighted by atomic mass is 19.1. The Morgan fingerprint density at radius 2 is 1.91 bits per heavy atom. The van der Waals surface area contributed by atoms with E-state index in [1.165, 1.54) is 28.5 Å². The summed E-state index contributed by atoms with van der Waals surface area (Å²) in [6.45, 7) is 5.69. The molecule has 174 valence electrons. The summed E-state index contributed by atoms with van der Waals surface area (Å²) in [5.74, 6) is 0.483. The third-order valence-corrected chi connectivity index (χ3v) is 6.32. The molecule has 4 rings (SSSR count). The molecule has 2 atom stereocenters. The molecule has 1 N–H and O–H groups in total. The standard InChI is InChI=1S/C28H33FN2O2/c1-2-3-13-30-28(32)25-15-22(20-33-27-10-6-9-26(29)16-27)18-31(19-25)17-21-11-12-23-7-4-5-8-24(23)14-21/h4-12,14,16,22,25H,2-3,13,15,17-20H2,1H3,(H,30,32)/t22-,25+/m0/s1. The fourth-order valence-corrected chi connectivity index (χ4v) is 4.64. The topological polar surface area (TPSA) is 41.6 Å². The minimum absolute atomic E-state index is 0.0721. The van der Waals surface area contributed by atoms with Crippen LogP contribution in [0.1, 0.15) is 31.7 Å². The predicted octanol–water partition coefficient (Wildman–Crippen LogP) is 5.41. The number of nitrogens with zero attached hydrogens (tertiary/aromatic N) is 1. The maximum Gasteiger partial charge on any atom is 0.224 e. The van der Waals surface area contributed by atoms with Gasteiger partial charge in [0.2, 0.25) is 5.91 Å². The van der Waals surface area contributed by atoms with Crippen molar-refractivity contribution in [2.24, 2.45) is 11.8 Å². The summed E-state index contributed by atoms with van der Waals surface area (Å²) in [5, 5.41) is 5.57. The van der Waals surface area contributed by atoms with Crippen molar-refractivity contribution in [1.29, 1.82) is 0 Å². The van der Waals surface area contributed by atoms with Gasteiger partial charge in [-0.05, 0) is 47.4 Å². The van der Waals surface area contributed by atoms with Crippen LogP contribution in [0.3, 0.4) is 0 Å². The number of hydrogen-bond donors (Lipinski definition) is 1. The Bertz CT molecular complexity index is 1070. The predicted molar refractivity (Wildman–Crippen MR) is 131 cm³/mol. The number of amides is 1. The highest BCUT2D eigenvalue weighted by molar-refractivity contribution is 5.83. The Hall–Kier alpha value is -2.92. The van der Waals surface area contributed by atoms with Crippen LogP contribution < -0.4 is 10.1 Å². The van der Waals surface area contributed by atoms with Crippen LogP contribution >= 0.6 is 0 Å². The normalized spacial score (nSPS) is 18.8. The summed E-state index contributed by atoms with van der Waals surface area (Å²) in [6.07, 6.45) is 2.83. The Morgan fingerprint density at radius 3 is 2.73 bits per heavy atom. The molecular formula is C28H33FN2O2. The monoisotopic (exact) mass is 448 g/mol. The Balaban J connectivity index is 1.44. The van der Waals surface area contributed by atoms with E-state index in [2.05, 4.69) is 59.6 Å². The van der Waals surface area contributed by atoms with Gasteiger partial charge in [0.05, 0.1) is 12.5 Å².